The Labute approximate surface area is 118 Å². The first-order chi connectivity index (χ1) is 8.76. The normalized spacial score (nSPS) is 13.0. The molecule has 1 unspecified atom stereocenters. The van der Waals surface area contributed by atoms with Crippen LogP contribution in [-0.2, 0) is 14.6 Å². The number of carbonyl (C=O) groups is 1. The number of amides is 1. The monoisotopic (exact) mass is 304 g/mol. The predicted octanol–water partition coefficient (Wildman–Crippen LogP) is 1.61. The lowest BCUT2D eigenvalue weighted by Crippen LogP contribution is -2.36. The summed E-state index contributed by atoms with van der Waals surface area (Å²) in [6.45, 7) is 3.71. The van der Waals surface area contributed by atoms with Gasteiger partial charge in [-0.3, -0.25) is 4.79 Å². The van der Waals surface area contributed by atoms with Crippen LogP contribution in [0.5, 0.6) is 0 Å². The van der Waals surface area contributed by atoms with Crippen molar-refractivity contribution >= 4 is 33.0 Å². The second-order valence-electron chi connectivity index (χ2n) is 4.32. The zero-order valence-corrected chi connectivity index (χ0v) is 12.4. The molecule has 0 saturated heterocycles. The van der Waals surface area contributed by atoms with Gasteiger partial charge in [-0.05, 0) is 31.5 Å². The van der Waals surface area contributed by atoms with Crippen molar-refractivity contribution in [3.8, 4) is 0 Å². The molecule has 0 aliphatic carbocycles. The minimum absolute atomic E-state index is 0.0452. The fraction of sp³-hybridized carbons (Fsp3) is 0.417. The van der Waals surface area contributed by atoms with Gasteiger partial charge in [0.05, 0.1) is 10.6 Å². The van der Waals surface area contributed by atoms with Gasteiger partial charge < -0.3 is 11.1 Å². The molecule has 106 valence electrons. The van der Waals surface area contributed by atoms with Gasteiger partial charge in [-0.15, -0.1) is 0 Å². The van der Waals surface area contributed by atoms with E-state index >= 15 is 0 Å². The number of halogens is 1. The third-order valence-electron chi connectivity index (χ3n) is 2.65. The summed E-state index contributed by atoms with van der Waals surface area (Å²) in [7, 11) is -3.76. The van der Waals surface area contributed by atoms with Crippen LogP contribution in [0.2, 0.25) is 5.02 Å². The van der Waals surface area contributed by atoms with Crippen LogP contribution in [0.1, 0.15) is 20.3 Å². The van der Waals surface area contributed by atoms with E-state index in [1.807, 2.05) is 6.92 Å². The van der Waals surface area contributed by atoms with Crippen molar-refractivity contribution in [1.29, 1.82) is 0 Å². The molecule has 1 amide bonds. The van der Waals surface area contributed by atoms with Gasteiger partial charge in [0.1, 0.15) is 5.75 Å². The minimum Gasteiger partial charge on any atom is -0.398 e. The second kappa shape index (κ2) is 6.25. The van der Waals surface area contributed by atoms with Crippen LogP contribution in [0, 0.1) is 0 Å². The molecular weight excluding hydrogens is 288 g/mol. The number of nitrogens with two attached hydrogens (primary N) is 1. The number of benzene rings is 1. The predicted molar refractivity (Wildman–Crippen MR) is 75.8 cm³/mol. The quantitative estimate of drug-likeness (QED) is 0.809. The molecule has 19 heavy (non-hydrogen) atoms. The van der Waals surface area contributed by atoms with Crippen LogP contribution in [0.15, 0.2) is 23.1 Å². The number of hydrogen-bond donors (Lipinski definition) is 2. The Morgan fingerprint density at radius 2 is 2.11 bits per heavy atom. The smallest absolute Gasteiger partial charge is 0.235 e. The molecule has 0 aliphatic rings. The Kier molecular flexibility index (Phi) is 5.20. The maximum absolute atomic E-state index is 12.1. The Bertz CT molecular complexity index is 572. The lowest BCUT2D eigenvalue weighted by Gasteiger charge is -2.12. The number of hydrogen-bond acceptors (Lipinski definition) is 4. The Balaban J connectivity index is 2.90. The van der Waals surface area contributed by atoms with Crippen molar-refractivity contribution in [3.05, 3.63) is 23.2 Å². The average Bonchev–Trinajstić information content (AvgIpc) is 2.26. The largest absolute Gasteiger partial charge is 0.398 e. The zero-order chi connectivity index (χ0) is 14.6. The number of anilines is 1. The van der Waals surface area contributed by atoms with Gasteiger partial charge in [-0.25, -0.2) is 8.42 Å². The molecule has 7 heteroatoms. The maximum atomic E-state index is 12.1. The standard InChI is InChI=1S/C12H17ClN2O3S/c1-3-8(2)15-12(16)7-19(17,18)11-5-4-9(13)6-10(11)14/h4-6,8H,3,7,14H2,1-2H3,(H,15,16). The molecule has 0 aliphatic heterocycles. The zero-order valence-electron chi connectivity index (χ0n) is 10.8. The molecule has 0 spiro atoms. The number of carbonyl (C=O) groups excluding carboxylic acids is 1. The van der Waals surface area contributed by atoms with Crippen LogP contribution in [-0.4, -0.2) is 26.1 Å². The van der Waals surface area contributed by atoms with E-state index in [4.69, 9.17) is 17.3 Å². The number of nitrogens with one attached hydrogen (secondary N) is 1. The highest BCUT2D eigenvalue weighted by Crippen LogP contribution is 2.23. The first kappa shape index (κ1) is 15.8. The number of rotatable bonds is 5. The van der Waals surface area contributed by atoms with Crippen molar-refractivity contribution in [2.24, 2.45) is 0 Å². The van der Waals surface area contributed by atoms with E-state index in [1.54, 1.807) is 6.92 Å². The Morgan fingerprint density at radius 3 is 2.63 bits per heavy atom. The van der Waals surface area contributed by atoms with Crippen molar-refractivity contribution < 1.29 is 13.2 Å². The fourth-order valence-corrected chi connectivity index (χ4v) is 2.93. The fourth-order valence-electron chi connectivity index (χ4n) is 1.47. The van der Waals surface area contributed by atoms with Crippen LogP contribution >= 0.6 is 11.6 Å². The third kappa shape index (κ3) is 4.40. The maximum Gasteiger partial charge on any atom is 0.235 e. The van der Waals surface area contributed by atoms with Gasteiger partial charge in [-0.2, -0.15) is 0 Å². The van der Waals surface area contributed by atoms with E-state index in [1.165, 1.54) is 18.2 Å². The first-order valence-electron chi connectivity index (χ1n) is 5.83. The van der Waals surface area contributed by atoms with Gasteiger partial charge in [0.15, 0.2) is 9.84 Å². The summed E-state index contributed by atoms with van der Waals surface area (Å²) in [6, 6.07) is 4.02. The molecule has 1 rings (SSSR count). The summed E-state index contributed by atoms with van der Waals surface area (Å²) >= 11 is 5.71. The summed E-state index contributed by atoms with van der Waals surface area (Å²) < 4.78 is 24.1. The van der Waals surface area contributed by atoms with E-state index in [-0.39, 0.29) is 16.6 Å². The van der Waals surface area contributed by atoms with Crippen molar-refractivity contribution in [2.45, 2.75) is 31.2 Å². The Morgan fingerprint density at radius 1 is 1.47 bits per heavy atom. The molecule has 3 N–H and O–H groups in total. The average molecular weight is 305 g/mol. The van der Waals surface area contributed by atoms with Gasteiger partial charge >= 0.3 is 0 Å². The molecule has 0 heterocycles. The summed E-state index contributed by atoms with van der Waals surface area (Å²) in [4.78, 5) is 11.5. The van der Waals surface area contributed by atoms with Gasteiger partial charge in [0, 0.05) is 11.1 Å². The number of nitrogen functional groups attached to an aromatic ring is 1. The van der Waals surface area contributed by atoms with Gasteiger partial charge in [0.2, 0.25) is 5.91 Å². The number of sulfone groups is 1. The van der Waals surface area contributed by atoms with Crippen LogP contribution in [0.4, 0.5) is 5.69 Å². The summed E-state index contributed by atoms with van der Waals surface area (Å²) in [5, 5.41) is 2.95. The topological polar surface area (TPSA) is 89.3 Å². The van der Waals surface area contributed by atoms with Crippen LogP contribution in [0.25, 0.3) is 0 Å². The van der Waals surface area contributed by atoms with Crippen LogP contribution < -0.4 is 11.1 Å². The molecule has 0 radical (unpaired) electrons. The SMILES string of the molecule is CCC(C)NC(=O)CS(=O)(=O)c1ccc(Cl)cc1N. The highest BCUT2D eigenvalue weighted by Gasteiger charge is 2.22. The van der Waals surface area contributed by atoms with Crippen molar-refractivity contribution in [3.63, 3.8) is 0 Å². The molecule has 0 bridgehead atoms. The molecule has 1 aromatic carbocycles. The van der Waals surface area contributed by atoms with Crippen LogP contribution in [0.3, 0.4) is 0 Å². The van der Waals surface area contributed by atoms with E-state index in [0.717, 1.165) is 6.42 Å². The first-order valence-corrected chi connectivity index (χ1v) is 7.86. The lowest BCUT2D eigenvalue weighted by atomic mass is 10.3. The summed E-state index contributed by atoms with van der Waals surface area (Å²) in [6.07, 6.45) is 0.731. The molecule has 1 atom stereocenters. The molecule has 0 aromatic heterocycles. The molecule has 0 fully saturated rings. The van der Waals surface area contributed by atoms with Crippen molar-refractivity contribution in [1.82, 2.24) is 5.32 Å². The molecule has 0 saturated carbocycles. The molecule has 1 aromatic rings. The Hall–Kier alpha value is -1.27. The van der Waals surface area contributed by atoms with Gasteiger partial charge in [-0.1, -0.05) is 18.5 Å². The lowest BCUT2D eigenvalue weighted by molar-refractivity contribution is -0.119. The highest BCUT2D eigenvalue weighted by atomic mass is 35.5. The molecule has 5 nitrogen and oxygen atoms in total. The van der Waals surface area contributed by atoms with E-state index < -0.39 is 21.5 Å². The van der Waals surface area contributed by atoms with Gasteiger partial charge in [0.25, 0.3) is 0 Å². The van der Waals surface area contributed by atoms with Crippen molar-refractivity contribution in [2.75, 3.05) is 11.5 Å². The second-order valence-corrected chi connectivity index (χ2v) is 6.71. The minimum atomic E-state index is -3.76. The summed E-state index contributed by atoms with van der Waals surface area (Å²) in [5.41, 5.74) is 5.66. The van der Waals surface area contributed by atoms with E-state index in [2.05, 4.69) is 5.32 Å². The molecular formula is C12H17ClN2O3S. The van der Waals surface area contributed by atoms with E-state index in [9.17, 15) is 13.2 Å². The summed E-state index contributed by atoms with van der Waals surface area (Å²) in [5.74, 6) is -1.16. The highest BCUT2D eigenvalue weighted by molar-refractivity contribution is 7.92. The third-order valence-corrected chi connectivity index (χ3v) is 4.57. The van der Waals surface area contributed by atoms with E-state index in [0.29, 0.717) is 5.02 Å².